The Morgan fingerprint density at radius 3 is 2.50 bits per heavy atom. The monoisotopic (exact) mass is 460 g/mol. The Morgan fingerprint density at radius 2 is 1.86 bits per heavy atom. The van der Waals surface area contributed by atoms with Gasteiger partial charge in [-0.3, -0.25) is 14.9 Å². The lowest BCUT2D eigenvalue weighted by molar-refractivity contribution is -0.122. The van der Waals surface area contributed by atoms with E-state index in [1.165, 1.54) is 18.2 Å². The summed E-state index contributed by atoms with van der Waals surface area (Å²) in [7, 11) is 0. The van der Waals surface area contributed by atoms with Crippen LogP contribution in [0.2, 0.25) is 5.02 Å². The third kappa shape index (κ3) is 4.16. The number of nitrogens with one attached hydrogen (secondary N) is 1. The molecule has 0 unspecified atom stereocenters. The Hall–Kier alpha value is -2.90. The van der Waals surface area contributed by atoms with E-state index in [9.17, 15) is 14.4 Å². The second-order valence-corrected chi connectivity index (χ2v) is 7.01. The molecule has 1 N–H and O–H groups in total. The largest absolute Gasteiger partial charge is 0.488 e. The lowest BCUT2D eigenvalue weighted by Crippen LogP contribution is -2.54. The smallest absolute Gasteiger partial charge is 0.335 e. The number of nitrogens with zero attached hydrogens (tertiary/aromatic N) is 1. The summed E-state index contributed by atoms with van der Waals surface area (Å²) in [5.74, 6) is -0.887. The van der Waals surface area contributed by atoms with Crippen LogP contribution in [0.15, 0.2) is 65.2 Å². The predicted octanol–water partition coefficient (Wildman–Crippen LogP) is 4.33. The fourth-order valence-electron chi connectivity index (χ4n) is 2.52. The van der Waals surface area contributed by atoms with Crippen LogP contribution in [-0.2, 0) is 9.59 Å². The number of ether oxygens (including phenoxy) is 1. The molecule has 0 aromatic heterocycles. The Bertz CT molecular complexity index is 1000. The molecule has 2 aromatic rings. The Labute approximate surface area is 174 Å². The van der Waals surface area contributed by atoms with Crippen LogP contribution >= 0.6 is 27.5 Å². The van der Waals surface area contributed by atoms with Gasteiger partial charge in [0.2, 0.25) is 0 Å². The van der Waals surface area contributed by atoms with Crippen molar-refractivity contribution in [3.8, 4) is 5.75 Å². The molecule has 1 aliphatic heterocycles. The number of urea groups is 1. The van der Waals surface area contributed by atoms with E-state index >= 15 is 0 Å². The highest BCUT2D eigenvalue weighted by atomic mass is 79.9. The maximum atomic E-state index is 12.8. The first-order valence-electron chi connectivity index (χ1n) is 8.11. The zero-order valence-electron chi connectivity index (χ0n) is 14.4. The molecule has 28 heavy (non-hydrogen) atoms. The molecule has 6 nitrogen and oxygen atoms in total. The van der Waals surface area contributed by atoms with Crippen molar-refractivity contribution < 1.29 is 19.1 Å². The summed E-state index contributed by atoms with van der Waals surface area (Å²) in [6.07, 6.45) is 3.03. The summed E-state index contributed by atoms with van der Waals surface area (Å²) < 4.78 is 6.13. The van der Waals surface area contributed by atoms with Crippen LogP contribution in [0.4, 0.5) is 10.5 Å². The van der Waals surface area contributed by atoms with Crippen LogP contribution in [0.3, 0.4) is 0 Å². The van der Waals surface area contributed by atoms with Gasteiger partial charge in [-0.25, -0.2) is 9.69 Å². The molecule has 0 spiro atoms. The van der Waals surface area contributed by atoms with Crippen molar-refractivity contribution in [3.63, 3.8) is 0 Å². The number of benzene rings is 2. The molecule has 4 amide bonds. The highest BCUT2D eigenvalue weighted by Gasteiger charge is 2.36. The average molecular weight is 462 g/mol. The van der Waals surface area contributed by atoms with Gasteiger partial charge in [-0.05, 0) is 64.0 Å². The van der Waals surface area contributed by atoms with Gasteiger partial charge in [0.05, 0.1) is 10.2 Å². The van der Waals surface area contributed by atoms with Gasteiger partial charge in [0.25, 0.3) is 11.8 Å². The number of barbiturate groups is 1. The summed E-state index contributed by atoms with van der Waals surface area (Å²) in [5.41, 5.74) is 0.725. The van der Waals surface area contributed by atoms with E-state index < -0.39 is 17.8 Å². The number of anilines is 1. The number of halogens is 2. The molecule has 0 aliphatic carbocycles. The van der Waals surface area contributed by atoms with Crippen molar-refractivity contribution in [1.82, 2.24) is 5.32 Å². The van der Waals surface area contributed by atoms with Crippen molar-refractivity contribution in [1.29, 1.82) is 0 Å². The van der Waals surface area contributed by atoms with Gasteiger partial charge in [0.1, 0.15) is 17.9 Å². The number of hydrogen-bond acceptors (Lipinski definition) is 4. The summed E-state index contributed by atoms with van der Waals surface area (Å²) in [4.78, 5) is 38.1. The second kappa shape index (κ2) is 8.41. The predicted molar refractivity (Wildman–Crippen MR) is 110 cm³/mol. The van der Waals surface area contributed by atoms with Gasteiger partial charge in [-0.1, -0.05) is 30.3 Å². The number of hydrogen-bond donors (Lipinski definition) is 1. The molecular weight excluding hydrogens is 448 g/mol. The fraction of sp³-hybridized carbons (Fsp3) is 0.0500. The standard InChI is InChI=1S/C20H14BrClN2O4/c1-2-9-28-17-8-3-12(11-16(17)21)10-15-18(25)23-20(27)24(19(15)26)14-6-4-13(22)5-7-14/h2-8,10-11H,1,9H2,(H,23,25,27). The molecule has 1 heterocycles. The molecule has 8 heteroatoms. The van der Waals surface area contributed by atoms with Crippen LogP contribution in [0.5, 0.6) is 5.75 Å². The highest BCUT2D eigenvalue weighted by molar-refractivity contribution is 9.10. The third-order valence-corrected chi connectivity index (χ3v) is 4.68. The van der Waals surface area contributed by atoms with Crippen molar-refractivity contribution in [2.24, 2.45) is 0 Å². The molecule has 2 aromatic carbocycles. The Morgan fingerprint density at radius 1 is 1.14 bits per heavy atom. The number of carbonyl (C=O) groups excluding carboxylic acids is 3. The average Bonchev–Trinajstić information content (AvgIpc) is 2.66. The normalized spacial score (nSPS) is 15.6. The van der Waals surface area contributed by atoms with Gasteiger partial charge < -0.3 is 4.74 Å². The van der Waals surface area contributed by atoms with Crippen LogP contribution < -0.4 is 15.0 Å². The molecule has 1 fully saturated rings. The SMILES string of the molecule is C=CCOc1ccc(C=C2C(=O)NC(=O)N(c3ccc(Cl)cc3)C2=O)cc1Br. The maximum Gasteiger partial charge on any atom is 0.335 e. The number of imide groups is 2. The van der Waals surface area contributed by atoms with Gasteiger partial charge in [-0.2, -0.15) is 0 Å². The molecule has 1 aliphatic rings. The minimum Gasteiger partial charge on any atom is -0.488 e. The number of carbonyl (C=O) groups is 3. The molecule has 3 rings (SSSR count). The van der Waals surface area contributed by atoms with E-state index in [0.29, 0.717) is 33.1 Å². The van der Waals surface area contributed by atoms with E-state index in [4.69, 9.17) is 16.3 Å². The first-order chi connectivity index (χ1) is 13.4. The van der Waals surface area contributed by atoms with Crippen LogP contribution in [0.1, 0.15) is 5.56 Å². The van der Waals surface area contributed by atoms with Crippen molar-refractivity contribution in [2.45, 2.75) is 0 Å². The topological polar surface area (TPSA) is 75.7 Å². The maximum absolute atomic E-state index is 12.8. The molecule has 0 radical (unpaired) electrons. The minimum absolute atomic E-state index is 0.166. The summed E-state index contributed by atoms with van der Waals surface area (Å²) in [6.45, 7) is 3.93. The lowest BCUT2D eigenvalue weighted by atomic mass is 10.1. The molecule has 0 bridgehead atoms. The summed E-state index contributed by atoms with van der Waals surface area (Å²) in [6, 6.07) is 10.4. The van der Waals surface area contributed by atoms with E-state index in [0.717, 1.165) is 4.90 Å². The zero-order valence-corrected chi connectivity index (χ0v) is 16.8. The quantitative estimate of drug-likeness (QED) is 0.408. The first kappa shape index (κ1) is 19.9. The van der Waals surface area contributed by atoms with E-state index in [1.54, 1.807) is 36.4 Å². The van der Waals surface area contributed by atoms with Crippen molar-refractivity contribution in [3.05, 3.63) is 75.8 Å². The first-order valence-corrected chi connectivity index (χ1v) is 9.28. The Balaban J connectivity index is 1.93. The van der Waals surface area contributed by atoms with Gasteiger partial charge >= 0.3 is 6.03 Å². The van der Waals surface area contributed by atoms with Crippen LogP contribution in [-0.4, -0.2) is 24.5 Å². The van der Waals surface area contributed by atoms with Crippen molar-refractivity contribution >= 4 is 57.1 Å². The minimum atomic E-state index is -0.816. The van der Waals surface area contributed by atoms with Gasteiger partial charge in [-0.15, -0.1) is 0 Å². The molecule has 1 saturated heterocycles. The van der Waals surface area contributed by atoms with E-state index in [1.807, 2.05) is 0 Å². The van der Waals surface area contributed by atoms with Crippen molar-refractivity contribution in [2.75, 3.05) is 11.5 Å². The van der Waals surface area contributed by atoms with Gasteiger partial charge in [0, 0.05) is 5.02 Å². The van der Waals surface area contributed by atoms with Gasteiger partial charge in [0.15, 0.2) is 0 Å². The summed E-state index contributed by atoms with van der Waals surface area (Å²) in [5, 5.41) is 2.64. The molecular formula is C20H14BrClN2O4. The van der Waals surface area contributed by atoms with Crippen LogP contribution in [0, 0.1) is 0 Å². The summed E-state index contributed by atoms with van der Waals surface area (Å²) >= 11 is 9.24. The highest BCUT2D eigenvalue weighted by Crippen LogP contribution is 2.28. The fourth-order valence-corrected chi connectivity index (χ4v) is 3.16. The lowest BCUT2D eigenvalue weighted by Gasteiger charge is -2.26. The molecule has 142 valence electrons. The molecule has 0 saturated carbocycles. The second-order valence-electron chi connectivity index (χ2n) is 5.72. The van der Waals surface area contributed by atoms with E-state index in [-0.39, 0.29) is 5.57 Å². The number of rotatable bonds is 5. The Kier molecular flexibility index (Phi) is 5.96. The third-order valence-electron chi connectivity index (χ3n) is 3.81. The van der Waals surface area contributed by atoms with E-state index in [2.05, 4.69) is 27.8 Å². The molecule has 0 atom stereocenters. The number of amides is 4. The van der Waals surface area contributed by atoms with Crippen LogP contribution in [0.25, 0.3) is 6.08 Å². The zero-order chi connectivity index (χ0) is 20.3.